The number of hydrogen-bond donors (Lipinski definition) is 2. The van der Waals surface area contributed by atoms with Crippen molar-refractivity contribution in [3.8, 4) is 0 Å². The largest absolute Gasteiger partial charge is 0.469 e. The quantitative estimate of drug-likeness (QED) is 0.703. The number of aliphatic hydroxyl groups excluding tert-OH is 1. The van der Waals surface area contributed by atoms with Crippen LogP contribution in [-0.4, -0.2) is 41.0 Å². The van der Waals surface area contributed by atoms with E-state index in [0.29, 0.717) is 30.6 Å². The Labute approximate surface area is 163 Å². The van der Waals surface area contributed by atoms with E-state index >= 15 is 0 Å². The van der Waals surface area contributed by atoms with Crippen LogP contribution in [0.3, 0.4) is 0 Å². The molecule has 7 nitrogen and oxygen atoms in total. The summed E-state index contributed by atoms with van der Waals surface area (Å²) in [5.74, 6) is -0.887. The molecule has 7 heteroatoms. The SMILES string of the molecule is COC(=O)[C@]1(C)C[C@H](O)C[C@@]23C(=O)O[C@@]4(CC[C@H]21)[C@@H]3Cc1occc1[C@]4(C)O. The number of rotatable bonds is 1. The van der Waals surface area contributed by atoms with Crippen molar-refractivity contribution >= 4 is 11.9 Å². The molecule has 1 saturated heterocycles. The zero-order chi connectivity index (χ0) is 20.1. The Morgan fingerprint density at radius 3 is 2.75 bits per heavy atom. The van der Waals surface area contributed by atoms with Crippen molar-refractivity contribution in [1.82, 2.24) is 0 Å². The Balaban J connectivity index is 1.72. The molecule has 28 heavy (non-hydrogen) atoms. The zero-order valence-corrected chi connectivity index (χ0v) is 16.4. The van der Waals surface area contributed by atoms with Crippen LogP contribution >= 0.6 is 0 Å². The molecule has 152 valence electrons. The molecule has 0 unspecified atom stereocenters. The van der Waals surface area contributed by atoms with Gasteiger partial charge in [0.1, 0.15) is 17.0 Å². The lowest BCUT2D eigenvalue weighted by Crippen LogP contribution is -2.66. The van der Waals surface area contributed by atoms with Crippen LogP contribution in [0.4, 0.5) is 0 Å². The van der Waals surface area contributed by atoms with E-state index in [1.807, 2.05) is 0 Å². The Morgan fingerprint density at radius 1 is 1.29 bits per heavy atom. The minimum atomic E-state index is -1.40. The second-order valence-corrected chi connectivity index (χ2v) is 9.47. The maximum absolute atomic E-state index is 13.5. The molecule has 1 aliphatic heterocycles. The van der Waals surface area contributed by atoms with Crippen molar-refractivity contribution in [1.29, 1.82) is 0 Å². The van der Waals surface area contributed by atoms with E-state index in [-0.39, 0.29) is 24.7 Å². The monoisotopic (exact) mass is 390 g/mol. The van der Waals surface area contributed by atoms with Gasteiger partial charge in [0.05, 0.1) is 30.3 Å². The minimum Gasteiger partial charge on any atom is -0.469 e. The van der Waals surface area contributed by atoms with E-state index in [4.69, 9.17) is 13.9 Å². The molecule has 0 amide bonds. The third-order valence-corrected chi connectivity index (χ3v) is 8.40. The molecule has 2 bridgehead atoms. The van der Waals surface area contributed by atoms with Crippen LogP contribution in [0.5, 0.6) is 0 Å². The van der Waals surface area contributed by atoms with E-state index in [0.717, 1.165) is 0 Å². The highest BCUT2D eigenvalue weighted by Crippen LogP contribution is 2.72. The summed E-state index contributed by atoms with van der Waals surface area (Å²) in [6.45, 7) is 3.46. The Hall–Kier alpha value is -1.86. The van der Waals surface area contributed by atoms with Crippen molar-refractivity contribution in [2.75, 3.05) is 7.11 Å². The van der Waals surface area contributed by atoms with Crippen molar-refractivity contribution in [2.24, 2.45) is 22.7 Å². The number of hydrogen-bond acceptors (Lipinski definition) is 7. The van der Waals surface area contributed by atoms with Gasteiger partial charge in [-0.25, -0.2) is 0 Å². The van der Waals surface area contributed by atoms with Gasteiger partial charge in [0, 0.05) is 17.9 Å². The molecule has 1 spiro atoms. The van der Waals surface area contributed by atoms with Crippen LogP contribution in [0.1, 0.15) is 50.9 Å². The standard InChI is InChI=1S/C21H26O7/c1-18(16(23)26-3)9-11(22)10-20-14(18)4-6-21(28-17(20)24)15(20)8-13-12(5-7-27-13)19(21,2)25/h5,7,11,14-15,22,25H,4,6,8-10H2,1-3H3/t11-,14-,15+,18+,19-,20+,21-/m0/s1. The third-order valence-electron chi connectivity index (χ3n) is 8.40. The van der Waals surface area contributed by atoms with Crippen LogP contribution in [0.25, 0.3) is 0 Å². The van der Waals surface area contributed by atoms with Crippen molar-refractivity contribution in [2.45, 2.75) is 63.3 Å². The maximum Gasteiger partial charge on any atom is 0.313 e. The van der Waals surface area contributed by atoms with E-state index < -0.39 is 40.1 Å². The predicted molar refractivity (Wildman–Crippen MR) is 94.8 cm³/mol. The van der Waals surface area contributed by atoms with Crippen LogP contribution in [0, 0.1) is 22.7 Å². The Kier molecular flexibility index (Phi) is 3.37. The number of methoxy groups -OCH3 is 1. The lowest BCUT2D eigenvalue weighted by atomic mass is 9.42. The predicted octanol–water partition coefficient (Wildman–Crippen LogP) is 1.69. The first kappa shape index (κ1) is 18.2. The van der Waals surface area contributed by atoms with Gasteiger partial charge in [-0.15, -0.1) is 0 Å². The summed E-state index contributed by atoms with van der Waals surface area (Å²) in [6, 6.07) is 1.74. The molecule has 3 aliphatic carbocycles. The molecule has 0 aromatic carbocycles. The number of carbonyl (C=O) groups is 2. The van der Waals surface area contributed by atoms with Crippen molar-refractivity contribution in [3.05, 3.63) is 23.7 Å². The minimum absolute atomic E-state index is 0.224. The molecule has 7 atom stereocenters. The highest BCUT2D eigenvalue weighted by Gasteiger charge is 2.80. The van der Waals surface area contributed by atoms with Gasteiger partial charge in [-0.1, -0.05) is 0 Å². The summed E-state index contributed by atoms with van der Waals surface area (Å²) in [5, 5.41) is 22.3. The Bertz CT molecular complexity index is 872. The molecule has 4 aliphatic rings. The summed E-state index contributed by atoms with van der Waals surface area (Å²) in [6.07, 6.45) is 2.63. The van der Waals surface area contributed by atoms with Gasteiger partial charge in [0.25, 0.3) is 0 Å². The van der Waals surface area contributed by atoms with Gasteiger partial charge in [0.15, 0.2) is 0 Å². The van der Waals surface area contributed by atoms with Gasteiger partial charge in [-0.2, -0.15) is 0 Å². The summed E-state index contributed by atoms with van der Waals surface area (Å²) in [4.78, 5) is 26.2. The average molecular weight is 390 g/mol. The van der Waals surface area contributed by atoms with Crippen molar-refractivity contribution in [3.63, 3.8) is 0 Å². The fourth-order valence-electron chi connectivity index (χ4n) is 7.30. The van der Waals surface area contributed by atoms with Crippen molar-refractivity contribution < 1.29 is 33.7 Å². The topological polar surface area (TPSA) is 106 Å². The van der Waals surface area contributed by atoms with Crippen LogP contribution in [0.2, 0.25) is 0 Å². The lowest BCUT2D eigenvalue weighted by molar-refractivity contribution is -0.213. The zero-order valence-electron chi connectivity index (χ0n) is 16.4. The van der Waals surface area contributed by atoms with Crippen LogP contribution in [0.15, 0.2) is 16.7 Å². The molecular weight excluding hydrogens is 364 g/mol. The van der Waals surface area contributed by atoms with Gasteiger partial charge in [-0.3, -0.25) is 9.59 Å². The van der Waals surface area contributed by atoms with E-state index in [2.05, 4.69) is 0 Å². The molecular formula is C21H26O7. The number of furan rings is 1. The Morgan fingerprint density at radius 2 is 2.04 bits per heavy atom. The lowest BCUT2D eigenvalue weighted by Gasteiger charge is -2.59. The van der Waals surface area contributed by atoms with E-state index in [1.165, 1.54) is 7.11 Å². The second kappa shape index (κ2) is 5.19. The van der Waals surface area contributed by atoms with Gasteiger partial charge >= 0.3 is 11.9 Å². The van der Waals surface area contributed by atoms with Gasteiger partial charge < -0.3 is 24.1 Å². The highest BCUT2D eigenvalue weighted by molar-refractivity contribution is 5.86. The first-order valence-corrected chi connectivity index (χ1v) is 9.92. The summed E-state index contributed by atoms with van der Waals surface area (Å²) in [5.41, 5.74) is -3.86. The second-order valence-electron chi connectivity index (χ2n) is 9.47. The maximum atomic E-state index is 13.5. The van der Waals surface area contributed by atoms with Crippen LogP contribution in [-0.2, 0) is 31.1 Å². The van der Waals surface area contributed by atoms with Crippen LogP contribution < -0.4 is 0 Å². The number of fused-ring (bicyclic) bond motifs is 1. The summed E-state index contributed by atoms with van der Waals surface area (Å²) >= 11 is 0. The number of carbonyl (C=O) groups excluding carboxylic acids is 2. The smallest absolute Gasteiger partial charge is 0.313 e. The number of ether oxygens (including phenoxy) is 2. The normalized spacial score (nSPS) is 48.9. The summed E-state index contributed by atoms with van der Waals surface area (Å²) in [7, 11) is 1.34. The fraction of sp³-hybridized carbons (Fsp3) is 0.714. The highest BCUT2D eigenvalue weighted by atomic mass is 16.6. The summed E-state index contributed by atoms with van der Waals surface area (Å²) < 4.78 is 16.8. The van der Waals surface area contributed by atoms with E-state index in [1.54, 1.807) is 26.2 Å². The third kappa shape index (κ3) is 1.74. The molecule has 0 radical (unpaired) electrons. The molecule has 1 aromatic rings. The molecule has 3 fully saturated rings. The average Bonchev–Trinajstić information content (AvgIpc) is 3.15. The van der Waals surface area contributed by atoms with Gasteiger partial charge in [-0.05, 0) is 51.5 Å². The van der Waals surface area contributed by atoms with E-state index in [9.17, 15) is 19.8 Å². The number of esters is 2. The molecule has 5 rings (SSSR count). The molecule has 2 saturated carbocycles. The molecule has 2 heterocycles. The van der Waals surface area contributed by atoms with Gasteiger partial charge in [0.2, 0.25) is 0 Å². The fourth-order valence-corrected chi connectivity index (χ4v) is 7.30. The number of aliphatic hydroxyl groups is 2. The molecule has 2 N–H and O–H groups in total. The first-order valence-electron chi connectivity index (χ1n) is 9.92. The first-order chi connectivity index (χ1) is 13.1. The molecule has 1 aromatic heterocycles.